The minimum Gasteiger partial charge on any atom is -0.478 e. The number of benzene rings is 2. The molecule has 4 N–H and O–H groups in total. The number of nitrogens with two attached hydrogens (primary N) is 1. The number of anilines is 1. The molecular weight excluding hydrogens is 310 g/mol. The zero-order valence-corrected chi connectivity index (χ0v) is 13.3. The second kappa shape index (κ2) is 6.54. The maximum absolute atomic E-state index is 12.6. The second-order valence-electron chi connectivity index (χ2n) is 5.49. The van der Waals surface area contributed by atoms with Gasteiger partial charge in [-0.1, -0.05) is 6.07 Å². The first-order valence-corrected chi connectivity index (χ1v) is 7.21. The third-order valence-electron chi connectivity index (χ3n) is 4.10. The van der Waals surface area contributed by atoms with E-state index in [9.17, 15) is 24.6 Å². The smallest absolute Gasteiger partial charge is 0.336 e. The molecule has 0 amide bonds. The molecule has 2 rings (SSSR count). The lowest BCUT2D eigenvalue weighted by Gasteiger charge is -2.12. The van der Waals surface area contributed by atoms with Crippen LogP contribution >= 0.6 is 0 Å². The summed E-state index contributed by atoms with van der Waals surface area (Å²) in [6, 6.07) is 7.11. The minimum absolute atomic E-state index is 0.00335. The topological polar surface area (TPSA) is 118 Å². The molecule has 2 aromatic rings. The summed E-state index contributed by atoms with van der Waals surface area (Å²) in [5, 5.41) is 18.5. The molecule has 0 aliphatic heterocycles. The molecule has 6 nitrogen and oxygen atoms in total. The summed E-state index contributed by atoms with van der Waals surface area (Å²) in [7, 11) is 0. The van der Waals surface area contributed by atoms with E-state index in [1.165, 1.54) is 18.2 Å². The summed E-state index contributed by atoms with van der Waals surface area (Å²) in [6.07, 6.45) is -0.311. The van der Waals surface area contributed by atoms with Crippen molar-refractivity contribution >= 4 is 23.4 Å². The Kier molecular flexibility index (Phi) is 4.69. The van der Waals surface area contributed by atoms with Crippen molar-refractivity contribution in [3.63, 3.8) is 0 Å². The number of ketones is 1. The fraction of sp³-hybridized carbons (Fsp3) is 0.167. The third kappa shape index (κ3) is 3.12. The lowest BCUT2D eigenvalue weighted by Crippen LogP contribution is -2.15. The average molecular weight is 327 g/mol. The highest BCUT2D eigenvalue weighted by atomic mass is 16.4. The van der Waals surface area contributed by atoms with Crippen molar-refractivity contribution in [3.8, 4) is 0 Å². The van der Waals surface area contributed by atoms with Crippen molar-refractivity contribution in [1.29, 1.82) is 0 Å². The molecule has 6 heteroatoms. The molecular formula is C18H17NO5. The predicted molar refractivity (Wildman–Crippen MR) is 88.7 cm³/mol. The molecule has 124 valence electrons. The Morgan fingerprint density at radius 2 is 1.42 bits per heavy atom. The fourth-order valence-corrected chi connectivity index (χ4v) is 2.58. The number of rotatable bonds is 5. The van der Waals surface area contributed by atoms with E-state index in [1.54, 1.807) is 26.0 Å². The quantitative estimate of drug-likeness (QED) is 0.574. The number of hydrogen-bond donors (Lipinski definition) is 3. The van der Waals surface area contributed by atoms with E-state index in [0.717, 1.165) is 5.56 Å². The minimum atomic E-state index is -1.27. The fourth-order valence-electron chi connectivity index (χ4n) is 2.58. The van der Waals surface area contributed by atoms with E-state index in [1.807, 2.05) is 0 Å². The van der Waals surface area contributed by atoms with Crippen LogP contribution in [0.4, 0.5) is 5.69 Å². The van der Waals surface area contributed by atoms with Crippen LogP contribution in [0.5, 0.6) is 0 Å². The Balaban J connectivity index is 2.52. The van der Waals surface area contributed by atoms with Gasteiger partial charge < -0.3 is 15.9 Å². The second-order valence-corrected chi connectivity index (χ2v) is 5.49. The Hall–Kier alpha value is -3.15. The molecule has 0 heterocycles. The SMILES string of the molecule is Cc1c(N)ccc(C(=O)Cc2c(C(=O)O)cccc2C(=O)O)c1C. The lowest BCUT2D eigenvalue weighted by molar-refractivity contribution is 0.0696. The van der Waals surface area contributed by atoms with E-state index in [4.69, 9.17) is 5.73 Å². The number of hydrogen-bond acceptors (Lipinski definition) is 4. The zero-order chi connectivity index (χ0) is 18.0. The Bertz CT molecular complexity index is 822. The van der Waals surface area contributed by atoms with Crippen LogP contribution in [0.25, 0.3) is 0 Å². The number of carbonyl (C=O) groups excluding carboxylic acids is 1. The first-order valence-electron chi connectivity index (χ1n) is 7.21. The third-order valence-corrected chi connectivity index (χ3v) is 4.10. The highest BCUT2D eigenvalue weighted by Gasteiger charge is 2.22. The predicted octanol–water partition coefficient (Wildman–Crippen LogP) is 2.71. The molecule has 0 aliphatic rings. The molecule has 0 saturated carbocycles. The van der Waals surface area contributed by atoms with Gasteiger partial charge in [0.05, 0.1) is 11.1 Å². The number of carboxylic acids is 2. The van der Waals surface area contributed by atoms with Crippen molar-refractivity contribution in [3.05, 3.63) is 63.7 Å². The summed E-state index contributed by atoms with van der Waals surface area (Å²) >= 11 is 0. The van der Waals surface area contributed by atoms with Crippen LogP contribution < -0.4 is 5.73 Å². The number of carboxylic acid groups (broad SMARTS) is 2. The van der Waals surface area contributed by atoms with Crippen LogP contribution in [0, 0.1) is 13.8 Å². The van der Waals surface area contributed by atoms with E-state index >= 15 is 0 Å². The maximum atomic E-state index is 12.6. The van der Waals surface area contributed by atoms with Gasteiger partial charge in [-0.05, 0) is 54.8 Å². The van der Waals surface area contributed by atoms with E-state index in [0.29, 0.717) is 16.8 Å². The van der Waals surface area contributed by atoms with E-state index in [2.05, 4.69) is 0 Å². The molecule has 0 bridgehead atoms. The Morgan fingerprint density at radius 1 is 0.875 bits per heavy atom. The van der Waals surface area contributed by atoms with Crippen LogP contribution in [-0.4, -0.2) is 27.9 Å². The molecule has 0 atom stereocenters. The van der Waals surface area contributed by atoms with Gasteiger partial charge in [-0.3, -0.25) is 4.79 Å². The van der Waals surface area contributed by atoms with Crippen LogP contribution in [-0.2, 0) is 6.42 Å². The van der Waals surface area contributed by atoms with Gasteiger partial charge in [0.1, 0.15) is 0 Å². The molecule has 0 aliphatic carbocycles. The molecule has 0 spiro atoms. The summed E-state index contributed by atoms with van der Waals surface area (Å²) in [6.45, 7) is 3.54. The Morgan fingerprint density at radius 3 is 1.92 bits per heavy atom. The van der Waals surface area contributed by atoms with Crippen molar-refractivity contribution in [2.75, 3.05) is 5.73 Å². The largest absolute Gasteiger partial charge is 0.478 e. The van der Waals surface area contributed by atoms with Gasteiger partial charge in [0.25, 0.3) is 0 Å². The molecule has 2 aromatic carbocycles. The molecule has 0 aromatic heterocycles. The van der Waals surface area contributed by atoms with E-state index < -0.39 is 11.9 Å². The van der Waals surface area contributed by atoms with E-state index in [-0.39, 0.29) is 28.9 Å². The van der Waals surface area contributed by atoms with Gasteiger partial charge in [-0.2, -0.15) is 0 Å². The van der Waals surface area contributed by atoms with Gasteiger partial charge >= 0.3 is 11.9 Å². The van der Waals surface area contributed by atoms with Crippen molar-refractivity contribution in [2.45, 2.75) is 20.3 Å². The summed E-state index contributed by atoms with van der Waals surface area (Å²) in [5.41, 5.74) is 7.85. The van der Waals surface area contributed by atoms with Crippen LogP contribution in [0.15, 0.2) is 30.3 Å². The number of Topliss-reactive ketones (excluding diaryl/α,β-unsaturated/α-hetero) is 1. The Labute approximate surface area is 138 Å². The first kappa shape index (κ1) is 17.2. The van der Waals surface area contributed by atoms with Crippen molar-refractivity contribution in [1.82, 2.24) is 0 Å². The van der Waals surface area contributed by atoms with Crippen molar-refractivity contribution < 1.29 is 24.6 Å². The van der Waals surface area contributed by atoms with Crippen LogP contribution in [0.1, 0.15) is 47.8 Å². The van der Waals surface area contributed by atoms with Crippen molar-refractivity contribution in [2.24, 2.45) is 0 Å². The zero-order valence-electron chi connectivity index (χ0n) is 13.3. The number of carbonyl (C=O) groups is 3. The van der Waals surface area contributed by atoms with Gasteiger partial charge in [0.2, 0.25) is 0 Å². The van der Waals surface area contributed by atoms with Crippen LogP contribution in [0.2, 0.25) is 0 Å². The number of nitrogen functional groups attached to an aromatic ring is 1. The molecule has 0 fully saturated rings. The summed E-state index contributed by atoms with van der Waals surface area (Å²) < 4.78 is 0. The van der Waals surface area contributed by atoms with Gasteiger partial charge in [0, 0.05) is 17.7 Å². The highest BCUT2D eigenvalue weighted by molar-refractivity contribution is 6.04. The lowest BCUT2D eigenvalue weighted by atomic mass is 9.91. The standard InChI is InChI=1S/C18H17NO5/c1-9-10(2)15(19)7-6-11(9)16(20)8-14-12(17(21)22)4-3-5-13(14)18(23)24/h3-7H,8,19H2,1-2H3,(H,21,22)(H,23,24). The summed E-state index contributed by atoms with van der Waals surface area (Å²) in [5.74, 6) is -2.90. The molecule has 0 saturated heterocycles. The van der Waals surface area contributed by atoms with Gasteiger partial charge in [0.15, 0.2) is 5.78 Å². The molecule has 0 unspecified atom stereocenters. The monoisotopic (exact) mass is 327 g/mol. The van der Waals surface area contributed by atoms with Crippen LogP contribution in [0.3, 0.4) is 0 Å². The normalized spacial score (nSPS) is 10.4. The molecule has 0 radical (unpaired) electrons. The average Bonchev–Trinajstić information content (AvgIpc) is 2.52. The summed E-state index contributed by atoms with van der Waals surface area (Å²) in [4.78, 5) is 35.3. The highest BCUT2D eigenvalue weighted by Crippen LogP contribution is 2.23. The van der Waals surface area contributed by atoms with Gasteiger partial charge in [-0.15, -0.1) is 0 Å². The number of aromatic carboxylic acids is 2. The maximum Gasteiger partial charge on any atom is 0.336 e. The van der Waals surface area contributed by atoms with Gasteiger partial charge in [-0.25, -0.2) is 9.59 Å². The molecule has 24 heavy (non-hydrogen) atoms. The first-order chi connectivity index (χ1) is 11.2.